The standard InChI is InChI=1S/C25H28N2O3/c1-2-30-24(28)21-22(19-12-6-3-7-13-19)27(18-26-21)23(20-14-8-4-9-15-20)25(29)16-10-5-11-17-25/h3-4,6-9,12-15,18,23,29H,2,5,10-11,16-17H2,1H3. The molecule has 30 heavy (non-hydrogen) atoms. The molecule has 0 spiro atoms. The summed E-state index contributed by atoms with van der Waals surface area (Å²) in [6.45, 7) is 2.07. The fraction of sp³-hybridized carbons (Fsp3) is 0.360. The van der Waals surface area contributed by atoms with E-state index < -0.39 is 11.6 Å². The zero-order valence-electron chi connectivity index (χ0n) is 17.3. The SMILES string of the molecule is CCOC(=O)c1ncn(C(c2ccccc2)C2(O)CCCCC2)c1-c1ccccc1. The lowest BCUT2D eigenvalue weighted by Gasteiger charge is -2.40. The van der Waals surface area contributed by atoms with E-state index in [9.17, 15) is 9.90 Å². The van der Waals surface area contributed by atoms with E-state index in [0.29, 0.717) is 18.5 Å². The maximum atomic E-state index is 12.7. The van der Waals surface area contributed by atoms with Crippen LogP contribution in [-0.4, -0.2) is 32.8 Å². The third-order valence-electron chi connectivity index (χ3n) is 5.93. The number of hydrogen-bond donors (Lipinski definition) is 1. The van der Waals surface area contributed by atoms with Gasteiger partial charge >= 0.3 is 5.97 Å². The Morgan fingerprint density at radius 2 is 1.70 bits per heavy atom. The molecule has 0 aliphatic heterocycles. The van der Waals surface area contributed by atoms with Gasteiger partial charge in [-0.05, 0) is 25.3 Å². The highest BCUT2D eigenvalue weighted by Gasteiger charge is 2.41. The van der Waals surface area contributed by atoms with Crippen LogP contribution in [0.4, 0.5) is 0 Å². The number of carbonyl (C=O) groups excluding carboxylic acids is 1. The highest BCUT2D eigenvalue weighted by molar-refractivity contribution is 5.94. The predicted octanol–water partition coefficient (Wildman–Crippen LogP) is 5.01. The average molecular weight is 405 g/mol. The van der Waals surface area contributed by atoms with Crippen molar-refractivity contribution in [1.29, 1.82) is 0 Å². The lowest BCUT2D eigenvalue weighted by atomic mass is 9.76. The highest BCUT2D eigenvalue weighted by atomic mass is 16.5. The number of nitrogens with zero attached hydrogens (tertiary/aromatic N) is 2. The average Bonchev–Trinajstić information content (AvgIpc) is 3.20. The van der Waals surface area contributed by atoms with Gasteiger partial charge in [-0.3, -0.25) is 0 Å². The molecule has 1 aliphatic carbocycles. The molecule has 1 aliphatic rings. The maximum absolute atomic E-state index is 12.7. The smallest absolute Gasteiger partial charge is 0.359 e. The van der Waals surface area contributed by atoms with Crippen LogP contribution in [0.1, 0.15) is 61.1 Å². The summed E-state index contributed by atoms with van der Waals surface area (Å²) in [5.74, 6) is -0.447. The summed E-state index contributed by atoms with van der Waals surface area (Å²) in [6, 6.07) is 19.4. The van der Waals surface area contributed by atoms with E-state index in [2.05, 4.69) is 4.98 Å². The van der Waals surface area contributed by atoms with Crippen LogP contribution in [0.15, 0.2) is 67.0 Å². The van der Waals surface area contributed by atoms with Gasteiger partial charge in [-0.1, -0.05) is 79.9 Å². The third-order valence-corrected chi connectivity index (χ3v) is 5.93. The van der Waals surface area contributed by atoms with E-state index in [-0.39, 0.29) is 18.3 Å². The molecule has 1 fully saturated rings. The second-order valence-corrected chi connectivity index (χ2v) is 7.91. The molecule has 3 aromatic rings. The van der Waals surface area contributed by atoms with Crippen LogP contribution < -0.4 is 0 Å². The van der Waals surface area contributed by atoms with Crippen molar-refractivity contribution in [2.24, 2.45) is 0 Å². The summed E-state index contributed by atoms with van der Waals surface area (Å²) in [5.41, 5.74) is 1.94. The predicted molar refractivity (Wildman–Crippen MR) is 116 cm³/mol. The molecule has 5 nitrogen and oxygen atoms in total. The van der Waals surface area contributed by atoms with Gasteiger partial charge in [0.15, 0.2) is 5.69 Å². The van der Waals surface area contributed by atoms with Gasteiger partial charge in [-0.25, -0.2) is 9.78 Å². The van der Waals surface area contributed by atoms with Crippen LogP contribution in [0.3, 0.4) is 0 Å². The van der Waals surface area contributed by atoms with Crippen molar-refractivity contribution in [3.05, 3.63) is 78.2 Å². The van der Waals surface area contributed by atoms with E-state index in [1.165, 1.54) is 0 Å². The molecule has 1 saturated carbocycles. The van der Waals surface area contributed by atoms with Crippen molar-refractivity contribution in [2.75, 3.05) is 6.61 Å². The van der Waals surface area contributed by atoms with E-state index in [0.717, 1.165) is 30.4 Å². The number of carbonyl (C=O) groups is 1. The molecule has 1 N–H and O–H groups in total. The summed E-state index contributed by atoms with van der Waals surface area (Å²) in [5, 5.41) is 11.8. The lowest BCUT2D eigenvalue weighted by molar-refractivity contribution is -0.0299. The maximum Gasteiger partial charge on any atom is 0.359 e. The van der Waals surface area contributed by atoms with Crippen LogP contribution in [0.5, 0.6) is 0 Å². The molecule has 0 bridgehead atoms. The molecular weight excluding hydrogens is 376 g/mol. The fourth-order valence-electron chi connectivity index (χ4n) is 4.59. The molecule has 0 saturated heterocycles. The molecule has 4 rings (SSSR count). The second kappa shape index (κ2) is 8.84. The third kappa shape index (κ3) is 3.90. The van der Waals surface area contributed by atoms with Crippen LogP contribution >= 0.6 is 0 Å². The molecule has 2 aromatic carbocycles. The quantitative estimate of drug-likeness (QED) is 0.587. The molecule has 1 aromatic heterocycles. The van der Waals surface area contributed by atoms with Gasteiger partial charge in [0.1, 0.15) is 0 Å². The summed E-state index contributed by atoms with van der Waals surface area (Å²) in [7, 11) is 0. The number of benzene rings is 2. The number of ether oxygens (including phenoxy) is 1. The van der Waals surface area contributed by atoms with Crippen LogP contribution in [0, 0.1) is 0 Å². The monoisotopic (exact) mass is 404 g/mol. The van der Waals surface area contributed by atoms with Gasteiger partial charge in [0.05, 0.1) is 30.3 Å². The molecule has 0 radical (unpaired) electrons. The molecule has 5 heteroatoms. The highest BCUT2D eigenvalue weighted by Crippen LogP contribution is 2.43. The molecule has 1 unspecified atom stereocenters. The molecular formula is C25H28N2O3. The Kier molecular flexibility index (Phi) is 6.00. The van der Waals surface area contributed by atoms with E-state index in [4.69, 9.17) is 4.74 Å². The topological polar surface area (TPSA) is 64.3 Å². The molecule has 156 valence electrons. The van der Waals surface area contributed by atoms with Gasteiger partial charge in [0.2, 0.25) is 0 Å². The minimum atomic E-state index is -0.907. The van der Waals surface area contributed by atoms with E-state index in [1.54, 1.807) is 13.3 Å². The van der Waals surface area contributed by atoms with Gasteiger partial charge in [-0.15, -0.1) is 0 Å². The molecule has 1 atom stereocenters. The number of aromatic nitrogens is 2. The number of hydrogen-bond acceptors (Lipinski definition) is 4. The summed E-state index contributed by atoms with van der Waals surface area (Å²) in [4.78, 5) is 17.2. The van der Waals surface area contributed by atoms with Crippen molar-refractivity contribution in [1.82, 2.24) is 9.55 Å². The first kappa shape index (κ1) is 20.4. The van der Waals surface area contributed by atoms with Crippen LogP contribution in [0.2, 0.25) is 0 Å². The Balaban J connectivity index is 1.92. The summed E-state index contributed by atoms with van der Waals surface area (Å²) < 4.78 is 7.26. The Morgan fingerprint density at radius 3 is 2.33 bits per heavy atom. The molecule has 1 heterocycles. The zero-order chi connectivity index (χ0) is 21.0. The fourth-order valence-corrected chi connectivity index (χ4v) is 4.59. The second-order valence-electron chi connectivity index (χ2n) is 7.91. The Bertz CT molecular complexity index is 976. The first-order valence-electron chi connectivity index (χ1n) is 10.7. The minimum absolute atomic E-state index is 0.281. The van der Waals surface area contributed by atoms with Gasteiger partial charge in [-0.2, -0.15) is 0 Å². The summed E-state index contributed by atoms with van der Waals surface area (Å²) in [6.07, 6.45) is 6.22. The first-order chi connectivity index (χ1) is 14.6. The van der Waals surface area contributed by atoms with Crippen molar-refractivity contribution < 1.29 is 14.6 Å². The van der Waals surface area contributed by atoms with E-state index >= 15 is 0 Å². The number of aliphatic hydroxyl groups is 1. The number of esters is 1. The Morgan fingerprint density at radius 1 is 1.07 bits per heavy atom. The van der Waals surface area contributed by atoms with Crippen LogP contribution in [0.25, 0.3) is 11.3 Å². The van der Waals surface area contributed by atoms with Gasteiger partial charge in [0.25, 0.3) is 0 Å². The molecule has 0 amide bonds. The number of imidazole rings is 1. The van der Waals surface area contributed by atoms with Crippen molar-refractivity contribution in [2.45, 2.75) is 50.7 Å². The zero-order valence-corrected chi connectivity index (χ0v) is 17.3. The van der Waals surface area contributed by atoms with Crippen molar-refractivity contribution in [3.8, 4) is 11.3 Å². The largest absolute Gasteiger partial charge is 0.461 e. The Hall–Kier alpha value is -2.92. The van der Waals surface area contributed by atoms with Crippen LogP contribution in [-0.2, 0) is 4.74 Å². The summed E-state index contributed by atoms with van der Waals surface area (Å²) >= 11 is 0. The number of rotatable bonds is 6. The van der Waals surface area contributed by atoms with Gasteiger partial charge < -0.3 is 14.4 Å². The Labute approximate surface area is 177 Å². The normalized spacial score (nSPS) is 16.7. The lowest BCUT2D eigenvalue weighted by Crippen LogP contribution is -2.42. The van der Waals surface area contributed by atoms with E-state index in [1.807, 2.05) is 65.2 Å². The first-order valence-corrected chi connectivity index (χ1v) is 10.7. The van der Waals surface area contributed by atoms with Crippen molar-refractivity contribution in [3.63, 3.8) is 0 Å². The van der Waals surface area contributed by atoms with Crippen molar-refractivity contribution >= 4 is 5.97 Å². The minimum Gasteiger partial charge on any atom is -0.461 e. The van der Waals surface area contributed by atoms with Gasteiger partial charge in [0, 0.05) is 5.56 Å².